The summed E-state index contributed by atoms with van der Waals surface area (Å²) in [5.41, 5.74) is 4.67. The number of hydrogen-bond donors (Lipinski definition) is 2. The molecule has 4 aliphatic rings. The Hall–Kier alpha value is -4.94. The van der Waals surface area contributed by atoms with Crippen LogP contribution in [0.2, 0.25) is 0 Å². The third kappa shape index (κ3) is 6.21. The molecule has 56 heavy (non-hydrogen) atoms. The van der Waals surface area contributed by atoms with Gasteiger partial charge >= 0.3 is 12.2 Å². The predicted molar refractivity (Wildman–Crippen MR) is 209 cm³/mol. The van der Waals surface area contributed by atoms with E-state index in [1.807, 2.05) is 24.8 Å². The van der Waals surface area contributed by atoms with Crippen LogP contribution in [0.25, 0.3) is 32.1 Å². The normalized spacial score (nSPS) is 18.6. The van der Waals surface area contributed by atoms with Crippen molar-refractivity contribution in [3.05, 3.63) is 59.0 Å². The third-order valence-electron chi connectivity index (χ3n) is 11.8. The van der Waals surface area contributed by atoms with E-state index < -0.39 is 34.9 Å². The summed E-state index contributed by atoms with van der Waals surface area (Å²) >= 11 is 1.24. The van der Waals surface area contributed by atoms with E-state index in [1.165, 1.54) is 17.4 Å². The Balaban J connectivity index is 1.32. The average Bonchev–Trinajstić information content (AvgIpc) is 3.66. The first kappa shape index (κ1) is 36.7. The molecular weight excluding hydrogens is 745 g/mol. The molecule has 2 aromatic carbocycles. The molecule has 0 radical (unpaired) electrons. The first-order valence-corrected chi connectivity index (χ1v) is 20.1. The molecule has 3 N–H and O–H groups in total. The van der Waals surface area contributed by atoms with Crippen LogP contribution in [0.15, 0.2) is 36.5 Å². The number of benzene rings is 2. The van der Waals surface area contributed by atoms with Crippen molar-refractivity contribution >= 4 is 49.0 Å². The smallest absolute Gasteiger partial charge is 0.420 e. The quantitative estimate of drug-likeness (QED) is 0.133. The van der Waals surface area contributed by atoms with E-state index >= 15 is 17.6 Å². The number of nitrogens with zero attached hydrogens (tertiary/aromatic N) is 6. The summed E-state index contributed by atoms with van der Waals surface area (Å²) < 4.78 is 78.2. The predicted octanol–water partition coefficient (Wildman–Crippen LogP) is 9.09. The van der Waals surface area contributed by atoms with Crippen LogP contribution < -0.4 is 25.4 Å². The Morgan fingerprint density at radius 1 is 1.11 bits per heavy atom. The standard InChI is InChI=1S/C41H42F4N8O2S/c1-22(2)49-38-26(20-46)29-25(7-3-9-28(29)56-38)30-32(41(43,44)45)35-31-34(33(30)42)50-39(55-21-40-12-5-15-52(40)16-6-13-40)51-37(31)53(17-18-54-35)27(19-23-10-11-23)24-8-4-14-48-36(24)47/h3-4,7-9,14,22-23,27,49H,5-6,10-13,15-19,21H2,1-2H3,(H2,47,48). The van der Waals surface area contributed by atoms with E-state index in [9.17, 15) is 5.26 Å². The number of anilines is 3. The zero-order valence-electron chi connectivity index (χ0n) is 31.2. The Bertz CT molecular complexity index is 2380. The number of aromatic nitrogens is 3. The summed E-state index contributed by atoms with van der Waals surface area (Å²) in [6, 6.07) is 9.91. The number of pyridine rings is 1. The minimum absolute atomic E-state index is 0.0642. The Morgan fingerprint density at radius 2 is 1.89 bits per heavy atom. The zero-order chi connectivity index (χ0) is 38.9. The van der Waals surface area contributed by atoms with Crippen molar-refractivity contribution in [2.75, 3.05) is 48.8 Å². The summed E-state index contributed by atoms with van der Waals surface area (Å²) in [6.45, 7) is 5.95. The summed E-state index contributed by atoms with van der Waals surface area (Å²) in [4.78, 5) is 18.1. The highest BCUT2D eigenvalue weighted by Gasteiger charge is 2.47. The molecule has 10 nitrogen and oxygen atoms in total. The summed E-state index contributed by atoms with van der Waals surface area (Å²) in [5.74, 6) is -0.999. The molecule has 1 atom stereocenters. The van der Waals surface area contributed by atoms with Crippen LogP contribution in [0.3, 0.4) is 0 Å². The fourth-order valence-corrected chi connectivity index (χ4v) is 10.4. The Morgan fingerprint density at radius 3 is 2.59 bits per heavy atom. The van der Waals surface area contributed by atoms with Gasteiger partial charge in [-0.1, -0.05) is 31.0 Å². The zero-order valence-corrected chi connectivity index (χ0v) is 32.0. The first-order chi connectivity index (χ1) is 27.0. The second-order valence-electron chi connectivity index (χ2n) is 15.8. The number of nitrogens with one attached hydrogen (secondary N) is 1. The average molecular weight is 787 g/mol. The van der Waals surface area contributed by atoms with Crippen LogP contribution in [0.4, 0.5) is 34.2 Å². The molecule has 1 unspecified atom stereocenters. The van der Waals surface area contributed by atoms with Gasteiger partial charge in [-0.05, 0) is 82.7 Å². The van der Waals surface area contributed by atoms with Crippen molar-refractivity contribution < 1.29 is 27.0 Å². The van der Waals surface area contributed by atoms with Crippen molar-refractivity contribution in [2.24, 2.45) is 5.92 Å². The number of rotatable bonds is 10. The van der Waals surface area contributed by atoms with E-state index in [-0.39, 0.29) is 70.6 Å². The molecule has 3 fully saturated rings. The van der Waals surface area contributed by atoms with E-state index in [2.05, 4.69) is 26.3 Å². The van der Waals surface area contributed by atoms with Crippen molar-refractivity contribution in [2.45, 2.75) is 82.6 Å². The largest absolute Gasteiger partial charge is 0.490 e. The molecule has 0 bridgehead atoms. The Kier molecular flexibility index (Phi) is 9.11. The van der Waals surface area contributed by atoms with E-state index in [0.29, 0.717) is 33.4 Å². The number of nitrogens with two attached hydrogens (primary N) is 1. The fourth-order valence-electron chi connectivity index (χ4n) is 9.15. The lowest BCUT2D eigenvalue weighted by Crippen LogP contribution is -2.43. The highest BCUT2D eigenvalue weighted by Crippen LogP contribution is 2.54. The van der Waals surface area contributed by atoms with Crippen molar-refractivity contribution in [1.82, 2.24) is 19.9 Å². The number of hydrogen-bond acceptors (Lipinski definition) is 11. The minimum Gasteiger partial charge on any atom is -0.490 e. The van der Waals surface area contributed by atoms with Crippen molar-refractivity contribution in [3.63, 3.8) is 0 Å². The van der Waals surface area contributed by atoms with E-state index in [0.717, 1.165) is 51.6 Å². The highest BCUT2D eigenvalue weighted by atomic mass is 32.1. The maximum absolute atomic E-state index is 17.8. The molecule has 3 aromatic heterocycles. The molecule has 1 saturated carbocycles. The number of alkyl halides is 3. The molecule has 5 aromatic rings. The lowest BCUT2D eigenvalue weighted by atomic mass is 9.91. The van der Waals surface area contributed by atoms with Crippen LogP contribution in [0.5, 0.6) is 11.8 Å². The van der Waals surface area contributed by atoms with Gasteiger partial charge in [-0.3, -0.25) is 4.90 Å². The molecule has 3 aliphatic heterocycles. The van der Waals surface area contributed by atoms with Gasteiger partial charge in [0.25, 0.3) is 0 Å². The monoisotopic (exact) mass is 786 g/mol. The molecule has 0 spiro atoms. The SMILES string of the molecule is CC(C)Nc1sc2cccc(-c3c(C(F)(F)F)c4c5c(nc(OCC67CCCN6CCC7)nc5c3F)N(C(CC3CC3)c3cccnc3N)CCO4)c2c1C#N. The lowest BCUT2D eigenvalue weighted by molar-refractivity contribution is -0.138. The van der Waals surface area contributed by atoms with Gasteiger partial charge in [-0.2, -0.15) is 28.4 Å². The maximum atomic E-state index is 17.8. The van der Waals surface area contributed by atoms with Crippen molar-refractivity contribution in [3.8, 4) is 29.0 Å². The topological polar surface area (TPSA) is 125 Å². The number of nitrogen functional groups attached to an aromatic ring is 1. The van der Waals surface area contributed by atoms with E-state index in [1.54, 1.807) is 24.4 Å². The first-order valence-electron chi connectivity index (χ1n) is 19.3. The summed E-state index contributed by atoms with van der Waals surface area (Å²) in [7, 11) is 0. The van der Waals surface area contributed by atoms with Gasteiger partial charge in [0.2, 0.25) is 0 Å². The van der Waals surface area contributed by atoms with Crippen LogP contribution in [-0.2, 0) is 6.18 Å². The second kappa shape index (κ2) is 13.9. The number of halogens is 4. The molecule has 2 saturated heterocycles. The van der Waals surface area contributed by atoms with Gasteiger partial charge in [0, 0.05) is 33.5 Å². The lowest BCUT2D eigenvalue weighted by Gasteiger charge is -2.34. The number of ether oxygens (including phenoxy) is 2. The molecule has 6 heterocycles. The molecule has 15 heteroatoms. The molecular formula is C41H42F4N8O2S. The molecule has 1 aliphatic carbocycles. The van der Waals surface area contributed by atoms with Gasteiger partial charge in [-0.15, -0.1) is 11.3 Å². The molecule has 292 valence electrons. The molecule has 9 rings (SSSR count). The maximum Gasteiger partial charge on any atom is 0.420 e. The number of nitriles is 1. The van der Waals surface area contributed by atoms with Gasteiger partial charge in [0.15, 0.2) is 5.82 Å². The number of thiophene rings is 1. The van der Waals surface area contributed by atoms with Crippen LogP contribution in [0, 0.1) is 23.1 Å². The third-order valence-corrected chi connectivity index (χ3v) is 12.9. The minimum atomic E-state index is -5.08. The van der Waals surface area contributed by atoms with Gasteiger partial charge in [-0.25, -0.2) is 9.37 Å². The van der Waals surface area contributed by atoms with Crippen LogP contribution in [0.1, 0.15) is 81.5 Å². The van der Waals surface area contributed by atoms with Gasteiger partial charge in [0.05, 0.1) is 29.1 Å². The van der Waals surface area contributed by atoms with Gasteiger partial charge < -0.3 is 25.4 Å². The summed E-state index contributed by atoms with van der Waals surface area (Å²) in [5, 5.41) is 14.1. The van der Waals surface area contributed by atoms with Gasteiger partial charge in [0.1, 0.15) is 52.7 Å². The van der Waals surface area contributed by atoms with Crippen molar-refractivity contribution in [1.29, 1.82) is 5.26 Å². The molecule has 0 amide bonds. The van der Waals surface area contributed by atoms with Crippen LogP contribution in [-0.4, -0.2) is 64.3 Å². The van der Waals surface area contributed by atoms with Crippen LogP contribution >= 0.6 is 11.3 Å². The van der Waals surface area contributed by atoms with E-state index in [4.69, 9.17) is 20.2 Å². The Labute approximate surface area is 325 Å². The fraction of sp³-hybridized carbons (Fsp3) is 0.463. The number of fused-ring (bicyclic) bond motifs is 2. The summed E-state index contributed by atoms with van der Waals surface area (Å²) in [6.07, 6.45) is 3.10. The highest BCUT2D eigenvalue weighted by molar-refractivity contribution is 7.23. The second-order valence-corrected chi connectivity index (χ2v) is 16.8.